The first kappa shape index (κ1) is 15.3. The summed E-state index contributed by atoms with van der Waals surface area (Å²) in [4.78, 5) is 26.9. The summed E-state index contributed by atoms with van der Waals surface area (Å²) in [5, 5.41) is 3.43. The normalized spacial score (nSPS) is 10.5. The number of para-hydroxylation sites is 1. The first-order valence-corrected chi connectivity index (χ1v) is 7.71. The minimum Gasteiger partial charge on any atom is -0.452 e. The summed E-state index contributed by atoms with van der Waals surface area (Å²) in [5.41, 5.74) is 1.90. The smallest absolute Gasteiger partial charge is 0.340 e. The van der Waals surface area contributed by atoms with E-state index in [0.29, 0.717) is 11.3 Å². The molecule has 0 aliphatic carbocycles. The van der Waals surface area contributed by atoms with E-state index in [9.17, 15) is 9.59 Å². The molecule has 0 spiro atoms. The number of nitrogens with one attached hydrogen (secondary N) is 2. The van der Waals surface area contributed by atoms with Gasteiger partial charge in [-0.05, 0) is 30.3 Å². The second-order valence-corrected chi connectivity index (χ2v) is 5.79. The Morgan fingerprint density at radius 1 is 1.09 bits per heavy atom. The van der Waals surface area contributed by atoms with E-state index in [1.165, 1.54) is 0 Å². The fraction of sp³-hybridized carbons (Fsp3) is 0.0588. The zero-order chi connectivity index (χ0) is 16.2. The van der Waals surface area contributed by atoms with Crippen molar-refractivity contribution in [3.8, 4) is 0 Å². The van der Waals surface area contributed by atoms with Crippen molar-refractivity contribution in [1.82, 2.24) is 4.98 Å². The lowest BCUT2D eigenvalue weighted by molar-refractivity contribution is -0.119. The van der Waals surface area contributed by atoms with Crippen LogP contribution in [0.5, 0.6) is 0 Å². The number of fused-ring (bicyclic) bond motifs is 1. The Bertz CT molecular complexity index is 856. The largest absolute Gasteiger partial charge is 0.452 e. The van der Waals surface area contributed by atoms with E-state index in [1.807, 2.05) is 36.4 Å². The average molecular weight is 373 g/mol. The number of H-pyrrole nitrogens is 1. The van der Waals surface area contributed by atoms with Gasteiger partial charge in [0.1, 0.15) is 0 Å². The maximum absolute atomic E-state index is 12.1. The molecule has 6 heteroatoms. The van der Waals surface area contributed by atoms with Crippen molar-refractivity contribution >= 4 is 44.4 Å². The number of carbonyl (C=O) groups excluding carboxylic acids is 2. The van der Waals surface area contributed by atoms with Crippen molar-refractivity contribution in [1.29, 1.82) is 0 Å². The van der Waals surface area contributed by atoms with Crippen molar-refractivity contribution < 1.29 is 14.3 Å². The minimum atomic E-state index is -0.534. The van der Waals surface area contributed by atoms with Crippen molar-refractivity contribution in [2.45, 2.75) is 0 Å². The van der Waals surface area contributed by atoms with E-state index in [2.05, 4.69) is 26.2 Å². The van der Waals surface area contributed by atoms with E-state index < -0.39 is 5.97 Å². The Labute approximate surface area is 140 Å². The average Bonchev–Trinajstić information content (AvgIpc) is 2.99. The molecule has 5 nitrogen and oxygen atoms in total. The number of aromatic nitrogens is 1. The van der Waals surface area contributed by atoms with Crippen molar-refractivity contribution in [2.24, 2.45) is 0 Å². The number of carbonyl (C=O) groups is 2. The summed E-state index contributed by atoms with van der Waals surface area (Å²) in [6, 6.07) is 14.5. The highest BCUT2D eigenvalue weighted by Crippen LogP contribution is 2.18. The highest BCUT2D eigenvalue weighted by Gasteiger charge is 2.14. The predicted molar refractivity (Wildman–Crippen MR) is 91.4 cm³/mol. The number of hydrogen-bond acceptors (Lipinski definition) is 3. The summed E-state index contributed by atoms with van der Waals surface area (Å²) in [6.07, 6.45) is 1.58. The van der Waals surface area contributed by atoms with Gasteiger partial charge in [0.2, 0.25) is 0 Å². The monoisotopic (exact) mass is 372 g/mol. The molecule has 0 fully saturated rings. The zero-order valence-corrected chi connectivity index (χ0v) is 13.6. The number of anilines is 1. The topological polar surface area (TPSA) is 71.2 Å². The molecule has 0 atom stereocenters. The summed E-state index contributed by atoms with van der Waals surface area (Å²) in [5.74, 6) is -0.922. The quantitative estimate of drug-likeness (QED) is 0.685. The number of halogens is 1. The van der Waals surface area contributed by atoms with Crippen LogP contribution in [0.2, 0.25) is 0 Å². The van der Waals surface area contributed by atoms with Crippen molar-refractivity contribution in [3.63, 3.8) is 0 Å². The van der Waals surface area contributed by atoms with Crippen LogP contribution >= 0.6 is 15.9 Å². The highest BCUT2D eigenvalue weighted by atomic mass is 79.9. The van der Waals surface area contributed by atoms with Crippen LogP contribution in [-0.2, 0) is 9.53 Å². The van der Waals surface area contributed by atoms with Gasteiger partial charge in [-0.15, -0.1) is 0 Å². The van der Waals surface area contributed by atoms with Gasteiger partial charge in [0.05, 0.1) is 5.56 Å². The summed E-state index contributed by atoms with van der Waals surface area (Å²) in [6.45, 7) is -0.339. The maximum atomic E-state index is 12.1. The number of rotatable bonds is 4. The van der Waals surface area contributed by atoms with E-state index in [-0.39, 0.29) is 12.5 Å². The van der Waals surface area contributed by atoms with Gasteiger partial charge >= 0.3 is 5.97 Å². The van der Waals surface area contributed by atoms with E-state index in [4.69, 9.17) is 4.74 Å². The molecule has 0 saturated heterocycles. The number of aromatic amines is 1. The predicted octanol–water partition coefficient (Wildman–Crippen LogP) is 3.73. The standard InChI is InChI=1S/C17H13BrN2O3/c18-11-5-7-12(8-6-11)20-16(21)10-23-17(22)14-9-19-15-4-2-1-3-13(14)15/h1-9,19H,10H2,(H,20,21). The van der Waals surface area contributed by atoms with Gasteiger partial charge in [0, 0.05) is 27.3 Å². The molecule has 0 radical (unpaired) electrons. The van der Waals surface area contributed by atoms with Gasteiger partial charge < -0.3 is 15.0 Å². The van der Waals surface area contributed by atoms with Gasteiger partial charge in [-0.1, -0.05) is 34.1 Å². The van der Waals surface area contributed by atoms with Gasteiger partial charge in [0.15, 0.2) is 6.61 Å². The fourth-order valence-electron chi connectivity index (χ4n) is 2.18. The van der Waals surface area contributed by atoms with Crippen LogP contribution < -0.4 is 5.32 Å². The van der Waals surface area contributed by atoms with Gasteiger partial charge in [-0.25, -0.2) is 4.79 Å². The Balaban J connectivity index is 1.60. The molecule has 1 aromatic heterocycles. The third-order valence-electron chi connectivity index (χ3n) is 3.27. The maximum Gasteiger partial charge on any atom is 0.340 e. The summed E-state index contributed by atoms with van der Waals surface area (Å²) < 4.78 is 5.99. The first-order valence-electron chi connectivity index (χ1n) is 6.92. The third-order valence-corrected chi connectivity index (χ3v) is 3.80. The second kappa shape index (κ2) is 6.66. The molecule has 23 heavy (non-hydrogen) atoms. The molecular formula is C17H13BrN2O3. The Morgan fingerprint density at radius 3 is 2.61 bits per heavy atom. The highest BCUT2D eigenvalue weighted by molar-refractivity contribution is 9.10. The molecule has 1 amide bonds. The summed E-state index contributed by atoms with van der Waals surface area (Å²) >= 11 is 3.32. The lowest BCUT2D eigenvalue weighted by Crippen LogP contribution is -2.20. The molecule has 3 aromatic rings. The molecule has 0 aliphatic heterocycles. The van der Waals surface area contributed by atoms with Gasteiger partial charge in [-0.2, -0.15) is 0 Å². The van der Waals surface area contributed by atoms with Crippen LogP contribution in [0.4, 0.5) is 5.69 Å². The Morgan fingerprint density at radius 2 is 1.83 bits per heavy atom. The number of esters is 1. The zero-order valence-electron chi connectivity index (χ0n) is 12.0. The van der Waals surface area contributed by atoms with Crippen LogP contribution in [0.15, 0.2) is 59.2 Å². The fourth-order valence-corrected chi connectivity index (χ4v) is 2.44. The number of amides is 1. The molecule has 2 N–H and O–H groups in total. The lowest BCUT2D eigenvalue weighted by Gasteiger charge is -2.06. The van der Waals surface area contributed by atoms with Crippen LogP contribution in [0, 0.1) is 0 Å². The molecule has 1 heterocycles. The molecule has 0 aliphatic rings. The molecule has 2 aromatic carbocycles. The van der Waals surface area contributed by atoms with Crippen LogP contribution in [0.25, 0.3) is 10.9 Å². The van der Waals surface area contributed by atoms with E-state index >= 15 is 0 Å². The SMILES string of the molecule is O=C(COC(=O)c1c[nH]c2ccccc12)Nc1ccc(Br)cc1. The van der Waals surface area contributed by atoms with Gasteiger partial charge in [0.25, 0.3) is 5.91 Å². The molecule has 0 unspecified atom stereocenters. The Hall–Kier alpha value is -2.60. The van der Waals surface area contributed by atoms with Crippen LogP contribution in [0.3, 0.4) is 0 Å². The minimum absolute atomic E-state index is 0.339. The molecule has 3 rings (SSSR count). The second-order valence-electron chi connectivity index (χ2n) is 4.88. The lowest BCUT2D eigenvalue weighted by atomic mass is 10.2. The van der Waals surface area contributed by atoms with Crippen molar-refractivity contribution in [2.75, 3.05) is 11.9 Å². The van der Waals surface area contributed by atoms with E-state index in [1.54, 1.807) is 18.3 Å². The molecule has 0 bridgehead atoms. The molecule has 0 saturated carbocycles. The van der Waals surface area contributed by atoms with E-state index in [0.717, 1.165) is 15.4 Å². The van der Waals surface area contributed by atoms with Gasteiger partial charge in [-0.3, -0.25) is 4.79 Å². The van der Waals surface area contributed by atoms with Crippen LogP contribution in [-0.4, -0.2) is 23.5 Å². The van der Waals surface area contributed by atoms with Crippen LogP contribution in [0.1, 0.15) is 10.4 Å². The molecular weight excluding hydrogens is 360 g/mol. The number of ether oxygens (including phenoxy) is 1. The third kappa shape index (κ3) is 3.60. The number of hydrogen-bond donors (Lipinski definition) is 2. The first-order chi connectivity index (χ1) is 11.1. The molecule has 116 valence electrons. The number of benzene rings is 2. The Kier molecular flexibility index (Phi) is 4.43. The van der Waals surface area contributed by atoms with Crippen molar-refractivity contribution in [3.05, 3.63) is 64.8 Å². The summed E-state index contributed by atoms with van der Waals surface area (Å²) in [7, 11) is 0.